The van der Waals surface area contributed by atoms with E-state index in [0.717, 1.165) is 44.7 Å². The van der Waals surface area contributed by atoms with Crippen LogP contribution in [0.4, 0.5) is 0 Å². The van der Waals surface area contributed by atoms with E-state index >= 15 is 0 Å². The molecule has 18 heavy (non-hydrogen) atoms. The maximum Gasteiger partial charge on any atom is 0.0700 e. The van der Waals surface area contributed by atoms with Crippen molar-refractivity contribution in [1.82, 2.24) is 4.90 Å². The number of hydrogen-bond donors (Lipinski definition) is 0. The number of alkyl halides is 1. The van der Waals surface area contributed by atoms with Crippen molar-refractivity contribution < 1.29 is 14.2 Å². The average molecular weight is 326 g/mol. The van der Waals surface area contributed by atoms with Crippen molar-refractivity contribution in [2.45, 2.75) is 26.3 Å². The molecule has 0 fully saturated rings. The van der Waals surface area contributed by atoms with Crippen LogP contribution in [0.25, 0.3) is 0 Å². The minimum Gasteiger partial charge on any atom is -0.382 e. The topological polar surface area (TPSA) is 30.9 Å². The Balaban J connectivity index is 3.51. The van der Waals surface area contributed by atoms with Crippen LogP contribution in [0.5, 0.6) is 0 Å². The summed E-state index contributed by atoms with van der Waals surface area (Å²) in [5.41, 5.74) is 0. The van der Waals surface area contributed by atoms with Crippen LogP contribution in [0.15, 0.2) is 0 Å². The number of nitrogens with zero attached hydrogens (tertiary/aromatic N) is 1. The average Bonchev–Trinajstić information content (AvgIpc) is 2.35. The lowest BCUT2D eigenvalue weighted by molar-refractivity contribution is 0.0586. The monoisotopic (exact) mass is 325 g/mol. The van der Waals surface area contributed by atoms with Crippen LogP contribution in [0.3, 0.4) is 0 Å². The zero-order valence-corrected chi connectivity index (χ0v) is 13.6. The first kappa shape index (κ1) is 18.3. The van der Waals surface area contributed by atoms with Gasteiger partial charge in [0.05, 0.1) is 26.4 Å². The molecule has 0 aromatic heterocycles. The van der Waals surface area contributed by atoms with Crippen molar-refractivity contribution >= 4 is 15.9 Å². The summed E-state index contributed by atoms with van der Waals surface area (Å²) in [7, 11) is 1.69. The van der Waals surface area contributed by atoms with Gasteiger partial charge in [-0.2, -0.15) is 0 Å². The third-order valence-corrected chi connectivity index (χ3v) is 2.96. The summed E-state index contributed by atoms with van der Waals surface area (Å²) in [6.45, 7) is 10.2. The van der Waals surface area contributed by atoms with Crippen LogP contribution in [0.2, 0.25) is 0 Å². The Hall–Kier alpha value is 0.320. The Labute approximate surface area is 120 Å². The van der Waals surface area contributed by atoms with Crippen LogP contribution in [-0.4, -0.2) is 69.5 Å². The van der Waals surface area contributed by atoms with Crippen LogP contribution < -0.4 is 0 Å². The molecule has 0 unspecified atom stereocenters. The second-order valence-corrected chi connectivity index (χ2v) is 5.18. The van der Waals surface area contributed by atoms with Gasteiger partial charge in [-0.05, 0) is 20.3 Å². The third-order valence-electron chi connectivity index (χ3n) is 2.64. The molecule has 0 heterocycles. The molecule has 0 bridgehead atoms. The van der Waals surface area contributed by atoms with Crippen molar-refractivity contribution in [1.29, 1.82) is 0 Å². The molecule has 0 atom stereocenters. The van der Waals surface area contributed by atoms with Crippen LogP contribution in [0, 0.1) is 0 Å². The van der Waals surface area contributed by atoms with Crippen molar-refractivity contribution in [3.8, 4) is 0 Å². The van der Waals surface area contributed by atoms with E-state index in [1.54, 1.807) is 7.11 Å². The minimum absolute atomic E-state index is 0.552. The number of methoxy groups -OCH3 is 1. The molecule has 0 rings (SSSR count). The van der Waals surface area contributed by atoms with Gasteiger partial charge in [-0.25, -0.2) is 0 Å². The molecule has 0 aliphatic rings. The summed E-state index contributed by atoms with van der Waals surface area (Å²) in [6, 6.07) is 0.552. The fourth-order valence-electron chi connectivity index (χ4n) is 1.58. The summed E-state index contributed by atoms with van der Waals surface area (Å²) in [6.07, 6.45) is 1.06. The van der Waals surface area contributed by atoms with Gasteiger partial charge in [0, 0.05) is 38.2 Å². The molecular formula is C13H28BrNO3. The van der Waals surface area contributed by atoms with E-state index < -0.39 is 0 Å². The zero-order chi connectivity index (χ0) is 13.6. The van der Waals surface area contributed by atoms with E-state index in [0.29, 0.717) is 19.3 Å². The quantitative estimate of drug-likeness (QED) is 0.383. The number of halogens is 1. The molecule has 0 saturated heterocycles. The first-order valence-electron chi connectivity index (χ1n) is 6.66. The second kappa shape index (κ2) is 13.7. The number of ether oxygens (including phenoxy) is 3. The highest BCUT2D eigenvalue weighted by atomic mass is 79.9. The summed E-state index contributed by atoms with van der Waals surface area (Å²) in [5, 5.41) is 0.905. The van der Waals surface area contributed by atoms with E-state index in [-0.39, 0.29) is 0 Å². The molecule has 0 aromatic carbocycles. The molecule has 0 aromatic rings. The highest BCUT2D eigenvalue weighted by molar-refractivity contribution is 9.09. The van der Waals surface area contributed by atoms with Crippen molar-refractivity contribution in [2.24, 2.45) is 0 Å². The van der Waals surface area contributed by atoms with Crippen molar-refractivity contribution in [3.63, 3.8) is 0 Å². The first-order valence-corrected chi connectivity index (χ1v) is 7.79. The molecule has 5 heteroatoms. The first-order chi connectivity index (χ1) is 8.72. The van der Waals surface area contributed by atoms with Crippen molar-refractivity contribution in [2.75, 3.05) is 58.6 Å². The molecule has 0 spiro atoms. The fourth-order valence-corrected chi connectivity index (χ4v) is 1.81. The molecule has 0 saturated carbocycles. The zero-order valence-electron chi connectivity index (χ0n) is 12.0. The Morgan fingerprint density at radius 1 is 0.944 bits per heavy atom. The van der Waals surface area contributed by atoms with Gasteiger partial charge in [0.15, 0.2) is 0 Å². The molecule has 0 amide bonds. The van der Waals surface area contributed by atoms with Gasteiger partial charge in [0.2, 0.25) is 0 Å². The lowest BCUT2D eigenvalue weighted by Crippen LogP contribution is -2.35. The Morgan fingerprint density at radius 2 is 1.67 bits per heavy atom. The SMILES string of the molecule is COCCOCCCN(CCOCCBr)C(C)C. The predicted molar refractivity (Wildman–Crippen MR) is 78.6 cm³/mol. The van der Waals surface area contributed by atoms with Gasteiger partial charge < -0.3 is 14.2 Å². The molecule has 0 N–H and O–H groups in total. The van der Waals surface area contributed by atoms with Gasteiger partial charge in [0.25, 0.3) is 0 Å². The number of hydrogen-bond acceptors (Lipinski definition) is 4. The Bertz CT molecular complexity index is 170. The van der Waals surface area contributed by atoms with Crippen LogP contribution in [0.1, 0.15) is 20.3 Å². The van der Waals surface area contributed by atoms with E-state index in [2.05, 4.69) is 34.7 Å². The predicted octanol–water partition coefficient (Wildman–Crippen LogP) is 2.16. The van der Waals surface area contributed by atoms with E-state index in [9.17, 15) is 0 Å². The smallest absolute Gasteiger partial charge is 0.0700 e. The summed E-state index contributed by atoms with van der Waals surface area (Å²) < 4.78 is 15.9. The summed E-state index contributed by atoms with van der Waals surface area (Å²) in [4.78, 5) is 2.42. The van der Waals surface area contributed by atoms with Crippen LogP contribution in [-0.2, 0) is 14.2 Å². The maximum absolute atomic E-state index is 5.49. The van der Waals surface area contributed by atoms with E-state index in [1.165, 1.54) is 0 Å². The molecular weight excluding hydrogens is 298 g/mol. The second-order valence-electron chi connectivity index (χ2n) is 4.39. The molecule has 4 nitrogen and oxygen atoms in total. The molecule has 0 aliphatic carbocycles. The largest absolute Gasteiger partial charge is 0.382 e. The lowest BCUT2D eigenvalue weighted by Gasteiger charge is -2.26. The number of rotatable bonds is 13. The van der Waals surface area contributed by atoms with Gasteiger partial charge in [-0.1, -0.05) is 15.9 Å². The van der Waals surface area contributed by atoms with E-state index in [4.69, 9.17) is 14.2 Å². The third kappa shape index (κ3) is 11.4. The Morgan fingerprint density at radius 3 is 2.28 bits per heavy atom. The van der Waals surface area contributed by atoms with E-state index in [1.807, 2.05) is 0 Å². The lowest BCUT2D eigenvalue weighted by atomic mass is 10.3. The van der Waals surface area contributed by atoms with Gasteiger partial charge in [0.1, 0.15) is 0 Å². The summed E-state index contributed by atoms with van der Waals surface area (Å²) >= 11 is 3.35. The summed E-state index contributed by atoms with van der Waals surface area (Å²) in [5.74, 6) is 0. The maximum atomic E-state index is 5.49. The van der Waals surface area contributed by atoms with Gasteiger partial charge >= 0.3 is 0 Å². The molecule has 0 radical (unpaired) electrons. The standard InChI is InChI=1S/C13H28BrNO3/c1-13(2)15(7-10-18-9-5-14)6-4-8-17-12-11-16-3/h13H,4-12H2,1-3H3. The fraction of sp³-hybridized carbons (Fsp3) is 1.00. The molecule has 110 valence electrons. The normalized spacial score (nSPS) is 11.7. The van der Waals surface area contributed by atoms with Gasteiger partial charge in [-0.3, -0.25) is 4.90 Å². The Kier molecular flexibility index (Phi) is 14.0. The molecule has 0 aliphatic heterocycles. The van der Waals surface area contributed by atoms with Crippen molar-refractivity contribution in [3.05, 3.63) is 0 Å². The van der Waals surface area contributed by atoms with Crippen LogP contribution >= 0.6 is 15.9 Å². The highest BCUT2D eigenvalue weighted by Crippen LogP contribution is 2.00. The van der Waals surface area contributed by atoms with Gasteiger partial charge in [-0.15, -0.1) is 0 Å². The minimum atomic E-state index is 0.552. The highest BCUT2D eigenvalue weighted by Gasteiger charge is 2.08.